The molecule has 126 valence electrons. The van der Waals surface area contributed by atoms with Gasteiger partial charge in [0.25, 0.3) is 0 Å². The van der Waals surface area contributed by atoms with Crippen LogP contribution in [0.2, 0.25) is 0 Å². The number of benzene rings is 2. The molecular weight excluding hydrogens is 308 g/mol. The molecule has 0 aliphatic carbocycles. The van der Waals surface area contributed by atoms with Crippen LogP contribution in [0.3, 0.4) is 0 Å². The van der Waals surface area contributed by atoms with Gasteiger partial charge in [0, 0.05) is 0 Å². The number of nitrogens with one attached hydrogen (secondary N) is 2. The smallest absolute Gasteiger partial charge is 0.127 e. The van der Waals surface area contributed by atoms with Crippen molar-refractivity contribution in [3.8, 4) is 0 Å². The van der Waals surface area contributed by atoms with Gasteiger partial charge >= 0.3 is 0 Å². The summed E-state index contributed by atoms with van der Waals surface area (Å²) in [5.41, 5.74) is 7.11. The van der Waals surface area contributed by atoms with Crippen LogP contribution in [0.15, 0.2) is 70.9 Å². The number of hydrazone groups is 2. The van der Waals surface area contributed by atoms with Crippen LogP contribution in [0.25, 0.3) is 0 Å². The van der Waals surface area contributed by atoms with E-state index in [1.165, 1.54) is 6.21 Å². The minimum Gasteiger partial charge on any atom is -0.394 e. The summed E-state index contributed by atoms with van der Waals surface area (Å²) < 4.78 is 0. The number of aliphatic hydroxyl groups is 3. The van der Waals surface area contributed by atoms with Crippen LogP contribution in [-0.4, -0.2) is 46.1 Å². The molecule has 24 heavy (non-hydrogen) atoms. The van der Waals surface area contributed by atoms with Crippen molar-refractivity contribution in [3.05, 3.63) is 60.7 Å². The fraction of sp³-hybridized carbons (Fsp3) is 0.176. The Balaban J connectivity index is 2.10. The first-order chi connectivity index (χ1) is 11.7. The summed E-state index contributed by atoms with van der Waals surface area (Å²) in [5.74, 6) is 0. The topological polar surface area (TPSA) is 109 Å². The van der Waals surface area contributed by atoms with Crippen molar-refractivity contribution in [2.24, 2.45) is 10.2 Å². The molecule has 7 heteroatoms. The van der Waals surface area contributed by atoms with Gasteiger partial charge in [-0.3, -0.25) is 10.9 Å². The van der Waals surface area contributed by atoms with Crippen molar-refractivity contribution in [2.45, 2.75) is 12.2 Å². The second kappa shape index (κ2) is 9.41. The number of para-hydroxylation sites is 2. The minimum absolute atomic E-state index is 0.0730. The van der Waals surface area contributed by atoms with Gasteiger partial charge in [0.2, 0.25) is 0 Å². The molecule has 2 atom stereocenters. The van der Waals surface area contributed by atoms with E-state index in [1.807, 2.05) is 48.5 Å². The number of rotatable bonds is 8. The Morgan fingerprint density at radius 3 is 2.00 bits per heavy atom. The molecular formula is C17H20N4O3. The van der Waals surface area contributed by atoms with E-state index < -0.39 is 18.8 Å². The van der Waals surface area contributed by atoms with Crippen LogP contribution in [0.4, 0.5) is 11.4 Å². The minimum atomic E-state index is -1.38. The lowest BCUT2D eigenvalue weighted by molar-refractivity contribution is 0.0193. The number of hydrogen-bond acceptors (Lipinski definition) is 7. The highest BCUT2D eigenvalue weighted by molar-refractivity contribution is 6.33. The van der Waals surface area contributed by atoms with Crippen LogP contribution in [0, 0.1) is 0 Å². The second-order valence-electron chi connectivity index (χ2n) is 4.95. The average Bonchev–Trinajstić information content (AvgIpc) is 2.65. The van der Waals surface area contributed by atoms with Crippen LogP contribution in [-0.2, 0) is 0 Å². The first-order valence-corrected chi connectivity index (χ1v) is 7.40. The molecule has 0 spiro atoms. The molecule has 0 bridgehead atoms. The average molecular weight is 328 g/mol. The Morgan fingerprint density at radius 1 is 0.917 bits per heavy atom. The van der Waals surface area contributed by atoms with E-state index in [-0.39, 0.29) is 5.71 Å². The molecule has 0 saturated heterocycles. The van der Waals surface area contributed by atoms with Gasteiger partial charge in [0.1, 0.15) is 17.9 Å². The lowest BCUT2D eigenvalue weighted by Crippen LogP contribution is -2.37. The molecule has 0 amide bonds. The summed E-state index contributed by atoms with van der Waals surface area (Å²) >= 11 is 0. The third-order valence-electron chi connectivity index (χ3n) is 3.11. The van der Waals surface area contributed by atoms with Crippen molar-refractivity contribution in [1.82, 2.24) is 0 Å². The summed E-state index contributed by atoms with van der Waals surface area (Å²) in [6.45, 7) is -0.592. The summed E-state index contributed by atoms with van der Waals surface area (Å²) in [7, 11) is 0. The fourth-order valence-corrected chi connectivity index (χ4v) is 1.80. The second-order valence-corrected chi connectivity index (χ2v) is 4.95. The van der Waals surface area contributed by atoms with Crippen LogP contribution in [0.5, 0.6) is 0 Å². The number of nitrogens with zero attached hydrogens (tertiary/aromatic N) is 2. The molecule has 7 nitrogen and oxygen atoms in total. The molecule has 0 unspecified atom stereocenters. The first-order valence-electron chi connectivity index (χ1n) is 7.40. The molecule has 2 aromatic carbocycles. The van der Waals surface area contributed by atoms with E-state index in [2.05, 4.69) is 21.1 Å². The largest absolute Gasteiger partial charge is 0.394 e. The van der Waals surface area contributed by atoms with Gasteiger partial charge in [-0.25, -0.2) is 0 Å². The van der Waals surface area contributed by atoms with Crippen LogP contribution in [0.1, 0.15) is 0 Å². The van der Waals surface area contributed by atoms with Gasteiger partial charge in [-0.05, 0) is 24.3 Å². The van der Waals surface area contributed by atoms with Gasteiger partial charge in [-0.2, -0.15) is 10.2 Å². The SMILES string of the molecule is OC[C@@H](O)[C@H](O)C(/C=N/Nc1ccccc1)=N\Nc1ccccc1. The summed E-state index contributed by atoms with van der Waals surface area (Å²) in [5, 5.41) is 36.7. The molecule has 0 heterocycles. The lowest BCUT2D eigenvalue weighted by Gasteiger charge is -2.15. The highest BCUT2D eigenvalue weighted by atomic mass is 16.4. The number of anilines is 2. The molecule has 5 N–H and O–H groups in total. The molecule has 2 rings (SSSR count). The predicted octanol–water partition coefficient (Wildman–Crippen LogP) is 1.27. The number of hydrogen-bond donors (Lipinski definition) is 5. The molecule has 0 aliphatic heterocycles. The normalized spacial score (nSPS) is 14.4. The molecule has 2 aromatic rings. The van der Waals surface area contributed by atoms with Gasteiger partial charge in [0.05, 0.1) is 24.2 Å². The quantitative estimate of drug-likeness (QED) is 0.370. The van der Waals surface area contributed by atoms with Gasteiger partial charge in [-0.15, -0.1) is 0 Å². The van der Waals surface area contributed by atoms with Crippen LogP contribution < -0.4 is 10.9 Å². The van der Waals surface area contributed by atoms with Gasteiger partial charge in [-0.1, -0.05) is 36.4 Å². The first kappa shape index (κ1) is 17.6. The van der Waals surface area contributed by atoms with Gasteiger partial charge < -0.3 is 15.3 Å². The van der Waals surface area contributed by atoms with Crippen molar-refractivity contribution in [3.63, 3.8) is 0 Å². The Hall–Kier alpha value is -2.74. The third-order valence-corrected chi connectivity index (χ3v) is 3.11. The lowest BCUT2D eigenvalue weighted by atomic mass is 10.1. The summed E-state index contributed by atoms with van der Waals surface area (Å²) in [4.78, 5) is 0. The van der Waals surface area contributed by atoms with Crippen molar-refractivity contribution in [2.75, 3.05) is 17.5 Å². The zero-order valence-corrected chi connectivity index (χ0v) is 12.9. The Labute approximate surface area is 140 Å². The molecule has 0 fully saturated rings. The van der Waals surface area contributed by atoms with E-state index in [4.69, 9.17) is 5.11 Å². The third kappa shape index (κ3) is 5.47. The van der Waals surface area contributed by atoms with E-state index in [0.717, 1.165) is 5.69 Å². The maximum absolute atomic E-state index is 10.1. The van der Waals surface area contributed by atoms with E-state index >= 15 is 0 Å². The van der Waals surface area contributed by atoms with E-state index in [9.17, 15) is 10.2 Å². The van der Waals surface area contributed by atoms with E-state index in [0.29, 0.717) is 5.69 Å². The number of aliphatic hydroxyl groups excluding tert-OH is 3. The maximum Gasteiger partial charge on any atom is 0.127 e. The summed E-state index contributed by atoms with van der Waals surface area (Å²) in [6.07, 6.45) is -1.45. The standard InChI is InChI=1S/C17H20N4O3/c22-12-16(23)17(24)15(21-20-14-9-5-2-6-10-14)11-18-19-13-7-3-1-4-8-13/h1-11,16-17,19-20,22-24H,12H2/b18-11+,21-15-/t16-,17-/m1/s1. The van der Waals surface area contributed by atoms with Crippen LogP contribution >= 0.6 is 0 Å². The van der Waals surface area contributed by atoms with Crippen molar-refractivity contribution in [1.29, 1.82) is 0 Å². The zero-order chi connectivity index (χ0) is 17.2. The molecule has 0 radical (unpaired) electrons. The Bertz CT molecular complexity index is 662. The monoisotopic (exact) mass is 328 g/mol. The molecule has 0 aliphatic rings. The van der Waals surface area contributed by atoms with Crippen molar-refractivity contribution >= 4 is 23.3 Å². The predicted molar refractivity (Wildman–Crippen MR) is 95.2 cm³/mol. The summed E-state index contributed by atoms with van der Waals surface area (Å²) in [6, 6.07) is 18.4. The van der Waals surface area contributed by atoms with E-state index in [1.54, 1.807) is 12.1 Å². The van der Waals surface area contributed by atoms with Gasteiger partial charge in [0.15, 0.2) is 0 Å². The highest BCUT2D eigenvalue weighted by Gasteiger charge is 2.20. The Morgan fingerprint density at radius 2 is 1.46 bits per heavy atom. The zero-order valence-electron chi connectivity index (χ0n) is 12.9. The molecule has 0 saturated carbocycles. The fourth-order valence-electron chi connectivity index (χ4n) is 1.80. The van der Waals surface area contributed by atoms with Crippen molar-refractivity contribution < 1.29 is 15.3 Å². The Kier molecular flexibility index (Phi) is 6.91. The maximum atomic E-state index is 10.1. The molecule has 0 aromatic heterocycles. The highest BCUT2D eigenvalue weighted by Crippen LogP contribution is 2.06.